The zero-order valence-corrected chi connectivity index (χ0v) is 10.3. The predicted octanol–water partition coefficient (Wildman–Crippen LogP) is 1.50. The molecule has 0 unspecified atom stereocenters. The number of halogens is 1. The Balaban J connectivity index is 1.84. The molecule has 2 aromatic heterocycles. The fraction of sp³-hybridized carbons (Fsp3) is 0.167. The van der Waals surface area contributed by atoms with Gasteiger partial charge >= 0.3 is 0 Å². The first-order valence-corrected chi connectivity index (χ1v) is 5.80. The van der Waals surface area contributed by atoms with Crippen molar-refractivity contribution in [1.82, 2.24) is 20.5 Å². The van der Waals surface area contributed by atoms with Crippen LogP contribution in [0.2, 0.25) is 5.15 Å². The molecule has 0 aliphatic carbocycles. The van der Waals surface area contributed by atoms with Crippen molar-refractivity contribution in [3.8, 4) is 0 Å². The van der Waals surface area contributed by atoms with Gasteiger partial charge in [-0.25, -0.2) is 0 Å². The van der Waals surface area contributed by atoms with Crippen LogP contribution in [-0.2, 0) is 6.42 Å². The molecular formula is C12H11ClN4O. The monoisotopic (exact) mass is 262 g/mol. The molecule has 2 rings (SSSR count). The highest BCUT2D eigenvalue weighted by atomic mass is 35.5. The lowest BCUT2D eigenvalue weighted by atomic mass is 10.2. The zero-order valence-electron chi connectivity index (χ0n) is 9.51. The molecule has 0 fully saturated rings. The minimum Gasteiger partial charge on any atom is -0.350 e. The smallest absolute Gasteiger partial charge is 0.271 e. The van der Waals surface area contributed by atoms with Gasteiger partial charge in [-0.3, -0.25) is 9.78 Å². The van der Waals surface area contributed by atoms with Crippen LogP contribution in [0.25, 0.3) is 0 Å². The third-order valence-corrected chi connectivity index (χ3v) is 2.49. The number of aromatic nitrogens is 3. The summed E-state index contributed by atoms with van der Waals surface area (Å²) in [5, 5.41) is 10.3. The van der Waals surface area contributed by atoms with E-state index in [4.69, 9.17) is 11.6 Å². The van der Waals surface area contributed by atoms with Gasteiger partial charge < -0.3 is 5.32 Å². The average molecular weight is 263 g/mol. The summed E-state index contributed by atoms with van der Waals surface area (Å²) in [7, 11) is 0. The summed E-state index contributed by atoms with van der Waals surface area (Å²) in [6, 6.07) is 6.89. The van der Waals surface area contributed by atoms with Crippen LogP contribution in [0.5, 0.6) is 0 Å². The van der Waals surface area contributed by atoms with Gasteiger partial charge in [0.25, 0.3) is 5.91 Å². The normalized spacial score (nSPS) is 10.1. The van der Waals surface area contributed by atoms with Gasteiger partial charge in [0.2, 0.25) is 0 Å². The SMILES string of the molecule is O=C(NCCc1cccnc1)c1ccc(Cl)nn1. The molecule has 18 heavy (non-hydrogen) atoms. The molecule has 0 bridgehead atoms. The molecule has 0 spiro atoms. The molecule has 92 valence electrons. The van der Waals surface area contributed by atoms with Crippen LogP contribution in [0.15, 0.2) is 36.7 Å². The number of nitrogens with one attached hydrogen (secondary N) is 1. The Labute approximate surface area is 109 Å². The highest BCUT2D eigenvalue weighted by molar-refractivity contribution is 6.29. The zero-order chi connectivity index (χ0) is 12.8. The maximum atomic E-state index is 11.7. The maximum absolute atomic E-state index is 11.7. The van der Waals surface area contributed by atoms with Crippen molar-refractivity contribution in [1.29, 1.82) is 0 Å². The van der Waals surface area contributed by atoms with E-state index in [0.29, 0.717) is 6.54 Å². The van der Waals surface area contributed by atoms with Crippen molar-refractivity contribution in [2.45, 2.75) is 6.42 Å². The van der Waals surface area contributed by atoms with Crippen molar-refractivity contribution in [2.24, 2.45) is 0 Å². The molecule has 0 radical (unpaired) electrons. The second-order valence-electron chi connectivity index (χ2n) is 3.61. The number of carbonyl (C=O) groups excluding carboxylic acids is 1. The van der Waals surface area contributed by atoms with Gasteiger partial charge in [0.1, 0.15) is 0 Å². The summed E-state index contributed by atoms with van der Waals surface area (Å²) >= 11 is 5.59. The maximum Gasteiger partial charge on any atom is 0.271 e. The van der Waals surface area contributed by atoms with Crippen LogP contribution in [0, 0.1) is 0 Å². The Morgan fingerprint density at radius 3 is 2.83 bits per heavy atom. The lowest BCUT2D eigenvalue weighted by Crippen LogP contribution is -2.26. The molecule has 1 amide bonds. The fourth-order valence-corrected chi connectivity index (χ4v) is 1.49. The summed E-state index contributed by atoms with van der Waals surface area (Å²) in [5.41, 5.74) is 1.32. The Morgan fingerprint density at radius 1 is 1.28 bits per heavy atom. The van der Waals surface area contributed by atoms with Gasteiger partial charge in [-0.15, -0.1) is 10.2 Å². The molecule has 5 nitrogen and oxygen atoms in total. The Hall–Kier alpha value is -2.01. The van der Waals surface area contributed by atoms with Crippen LogP contribution < -0.4 is 5.32 Å². The Kier molecular flexibility index (Phi) is 4.20. The predicted molar refractivity (Wildman–Crippen MR) is 67.3 cm³/mol. The number of nitrogens with zero attached hydrogens (tertiary/aromatic N) is 3. The molecule has 6 heteroatoms. The summed E-state index contributed by atoms with van der Waals surface area (Å²) in [6.07, 6.45) is 4.21. The first-order chi connectivity index (χ1) is 8.75. The third-order valence-electron chi connectivity index (χ3n) is 2.29. The molecule has 0 aliphatic heterocycles. The number of pyridine rings is 1. The second-order valence-corrected chi connectivity index (χ2v) is 4.00. The summed E-state index contributed by atoms with van der Waals surface area (Å²) < 4.78 is 0. The van der Waals surface area contributed by atoms with E-state index in [9.17, 15) is 4.79 Å². The summed E-state index contributed by atoms with van der Waals surface area (Å²) in [4.78, 5) is 15.7. The molecule has 0 aliphatic rings. The van der Waals surface area contributed by atoms with E-state index in [1.54, 1.807) is 12.4 Å². The molecular weight excluding hydrogens is 252 g/mol. The lowest BCUT2D eigenvalue weighted by molar-refractivity contribution is 0.0948. The Morgan fingerprint density at radius 2 is 2.17 bits per heavy atom. The molecule has 1 N–H and O–H groups in total. The number of hydrogen-bond acceptors (Lipinski definition) is 4. The largest absolute Gasteiger partial charge is 0.350 e. The molecule has 0 atom stereocenters. The van der Waals surface area contributed by atoms with Gasteiger partial charge in [0.05, 0.1) is 0 Å². The van der Waals surface area contributed by atoms with Gasteiger partial charge in [-0.05, 0) is 30.2 Å². The minimum atomic E-state index is -0.261. The van der Waals surface area contributed by atoms with E-state index in [1.165, 1.54) is 12.1 Å². The van der Waals surface area contributed by atoms with Gasteiger partial charge in [-0.1, -0.05) is 17.7 Å². The van der Waals surface area contributed by atoms with Crippen LogP contribution in [0.1, 0.15) is 16.1 Å². The van der Waals surface area contributed by atoms with Gasteiger partial charge in [0.15, 0.2) is 10.8 Å². The van der Waals surface area contributed by atoms with E-state index >= 15 is 0 Å². The minimum absolute atomic E-state index is 0.255. The first kappa shape index (κ1) is 12.4. The number of rotatable bonds is 4. The van der Waals surface area contributed by atoms with Crippen LogP contribution in [0.3, 0.4) is 0 Å². The van der Waals surface area contributed by atoms with E-state index in [2.05, 4.69) is 20.5 Å². The molecule has 2 aromatic rings. The Bertz CT molecular complexity index is 515. The van der Waals surface area contributed by atoms with Crippen molar-refractivity contribution in [3.63, 3.8) is 0 Å². The number of carbonyl (C=O) groups is 1. The lowest BCUT2D eigenvalue weighted by Gasteiger charge is -2.04. The highest BCUT2D eigenvalue weighted by Gasteiger charge is 2.06. The van der Waals surface area contributed by atoms with Crippen LogP contribution in [0.4, 0.5) is 0 Å². The van der Waals surface area contributed by atoms with E-state index in [-0.39, 0.29) is 16.8 Å². The average Bonchev–Trinajstić information content (AvgIpc) is 2.40. The van der Waals surface area contributed by atoms with Crippen molar-refractivity contribution in [2.75, 3.05) is 6.54 Å². The second kappa shape index (κ2) is 6.07. The van der Waals surface area contributed by atoms with Gasteiger partial charge in [0, 0.05) is 18.9 Å². The molecule has 2 heterocycles. The standard InChI is InChI=1S/C12H11ClN4O/c13-11-4-3-10(16-17-11)12(18)15-7-5-9-2-1-6-14-8-9/h1-4,6,8H,5,7H2,(H,15,18). The third kappa shape index (κ3) is 3.49. The van der Waals surface area contributed by atoms with E-state index in [1.807, 2.05) is 12.1 Å². The van der Waals surface area contributed by atoms with Crippen molar-refractivity contribution in [3.05, 3.63) is 53.1 Å². The van der Waals surface area contributed by atoms with Gasteiger partial charge in [-0.2, -0.15) is 0 Å². The molecule has 0 saturated heterocycles. The van der Waals surface area contributed by atoms with Crippen molar-refractivity contribution < 1.29 is 4.79 Å². The summed E-state index contributed by atoms with van der Waals surface area (Å²) in [6.45, 7) is 0.523. The van der Waals surface area contributed by atoms with Crippen molar-refractivity contribution >= 4 is 17.5 Å². The fourth-order valence-electron chi connectivity index (χ4n) is 1.39. The molecule has 0 aromatic carbocycles. The number of amides is 1. The summed E-state index contributed by atoms with van der Waals surface area (Å²) in [5.74, 6) is -0.261. The highest BCUT2D eigenvalue weighted by Crippen LogP contribution is 2.02. The van der Waals surface area contributed by atoms with E-state index < -0.39 is 0 Å². The quantitative estimate of drug-likeness (QED) is 0.907. The topological polar surface area (TPSA) is 67.8 Å². The van der Waals surface area contributed by atoms with Crippen LogP contribution in [-0.4, -0.2) is 27.6 Å². The first-order valence-electron chi connectivity index (χ1n) is 5.42. The number of hydrogen-bond donors (Lipinski definition) is 1. The van der Waals surface area contributed by atoms with E-state index in [0.717, 1.165) is 12.0 Å². The molecule has 0 saturated carbocycles. The van der Waals surface area contributed by atoms with Crippen LogP contribution >= 0.6 is 11.6 Å².